The Hall–Kier alpha value is -2.25. The molecule has 7 nitrogen and oxygen atoms in total. The number of hydrogen-bond acceptors (Lipinski definition) is 6. The number of benzene rings is 1. The molecule has 3 N–H and O–H groups in total. The smallest absolute Gasteiger partial charge is 0.247 e. The third kappa shape index (κ3) is 5.11. The lowest BCUT2D eigenvalue weighted by molar-refractivity contribution is -0.111. The SMILES string of the molecule is C=CC(=O)Nc1cc(N)c(OC)cc1N(C)CCN1CCN(C)CC1. The van der Waals surface area contributed by atoms with E-state index in [9.17, 15) is 4.79 Å². The number of amides is 1. The summed E-state index contributed by atoms with van der Waals surface area (Å²) in [6.07, 6.45) is 1.24. The van der Waals surface area contributed by atoms with Gasteiger partial charge >= 0.3 is 0 Å². The average Bonchev–Trinajstić information content (AvgIpc) is 2.61. The summed E-state index contributed by atoms with van der Waals surface area (Å²) in [5.41, 5.74) is 8.00. The molecular weight excluding hydrogens is 318 g/mol. The van der Waals surface area contributed by atoms with Crippen LogP contribution in [0.15, 0.2) is 24.8 Å². The van der Waals surface area contributed by atoms with Gasteiger partial charge in [-0.2, -0.15) is 0 Å². The van der Waals surface area contributed by atoms with E-state index in [0.29, 0.717) is 17.1 Å². The summed E-state index contributed by atoms with van der Waals surface area (Å²) in [6, 6.07) is 3.58. The van der Waals surface area contributed by atoms with Crippen molar-refractivity contribution in [3.05, 3.63) is 24.8 Å². The number of likely N-dealkylation sites (N-methyl/N-ethyl adjacent to an activating group) is 2. The first kappa shape index (κ1) is 19.1. The van der Waals surface area contributed by atoms with Crippen molar-refractivity contribution in [2.24, 2.45) is 0 Å². The number of nitrogens with zero attached hydrogens (tertiary/aromatic N) is 3. The molecule has 1 aliphatic heterocycles. The highest BCUT2D eigenvalue weighted by Gasteiger charge is 2.17. The van der Waals surface area contributed by atoms with Gasteiger partial charge in [0.25, 0.3) is 0 Å². The lowest BCUT2D eigenvalue weighted by Crippen LogP contribution is -2.46. The van der Waals surface area contributed by atoms with E-state index in [1.807, 2.05) is 13.1 Å². The lowest BCUT2D eigenvalue weighted by Gasteiger charge is -2.34. The molecule has 1 amide bonds. The second kappa shape index (κ2) is 8.73. The molecule has 0 aromatic heterocycles. The monoisotopic (exact) mass is 347 g/mol. The van der Waals surface area contributed by atoms with Crippen molar-refractivity contribution in [1.29, 1.82) is 0 Å². The average molecular weight is 347 g/mol. The van der Waals surface area contributed by atoms with Crippen molar-refractivity contribution in [3.8, 4) is 5.75 Å². The Balaban J connectivity index is 2.11. The minimum Gasteiger partial charge on any atom is -0.495 e. The number of piperazine rings is 1. The fraction of sp³-hybridized carbons (Fsp3) is 0.500. The Morgan fingerprint density at radius 3 is 2.68 bits per heavy atom. The Bertz CT molecular complexity index is 612. The van der Waals surface area contributed by atoms with Crippen molar-refractivity contribution in [1.82, 2.24) is 9.80 Å². The molecule has 7 heteroatoms. The van der Waals surface area contributed by atoms with Crippen LogP contribution in [-0.4, -0.2) is 76.2 Å². The van der Waals surface area contributed by atoms with Crippen molar-refractivity contribution >= 4 is 23.0 Å². The van der Waals surface area contributed by atoms with Crippen LogP contribution in [0.1, 0.15) is 0 Å². The molecule has 1 fully saturated rings. The Morgan fingerprint density at radius 2 is 2.08 bits per heavy atom. The molecule has 2 rings (SSSR count). The first-order valence-corrected chi connectivity index (χ1v) is 8.47. The van der Waals surface area contributed by atoms with Gasteiger partial charge in [0.2, 0.25) is 5.91 Å². The molecule has 1 aromatic carbocycles. The van der Waals surface area contributed by atoms with Gasteiger partial charge in [0.15, 0.2) is 0 Å². The maximum atomic E-state index is 11.7. The summed E-state index contributed by atoms with van der Waals surface area (Å²) < 4.78 is 5.33. The molecule has 0 saturated carbocycles. The number of ether oxygens (including phenoxy) is 1. The molecule has 25 heavy (non-hydrogen) atoms. The fourth-order valence-corrected chi connectivity index (χ4v) is 2.85. The van der Waals surface area contributed by atoms with E-state index in [-0.39, 0.29) is 5.91 Å². The zero-order chi connectivity index (χ0) is 18.4. The summed E-state index contributed by atoms with van der Waals surface area (Å²) in [5.74, 6) is 0.330. The number of hydrogen-bond donors (Lipinski definition) is 2. The highest BCUT2D eigenvalue weighted by molar-refractivity contribution is 6.02. The predicted octanol–water partition coefficient (Wildman–Crippen LogP) is 1.09. The van der Waals surface area contributed by atoms with E-state index in [1.165, 1.54) is 6.08 Å². The first-order valence-electron chi connectivity index (χ1n) is 8.47. The van der Waals surface area contributed by atoms with Crippen LogP contribution in [0.25, 0.3) is 0 Å². The fourth-order valence-electron chi connectivity index (χ4n) is 2.85. The topological polar surface area (TPSA) is 74.1 Å². The van der Waals surface area contributed by atoms with Gasteiger partial charge in [0.1, 0.15) is 5.75 Å². The highest BCUT2D eigenvalue weighted by atomic mass is 16.5. The third-order valence-corrected chi connectivity index (χ3v) is 4.55. The van der Waals surface area contributed by atoms with Crippen molar-refractivity contribution in [2.45, 2.75) is 0 Å². The molecule has 1 heterocycles. The summed E-state index contributed by atoms with van der Waals surface area (Å²) in [6.45, 7) is 9.66. The van der Waals surface area contributed by atoms with E-state index < -0.39 is 0 Å². The van der Waals surface area contributed by atoms with Crippen LogP contribution in [0, 0.1) is 0 Å². The minimum absolute atomic E-state index is 0.265. The molecule has 1 saturated heterocycles. The molecule has 0 atom stereocenters. The van der Waals surface area contributed by atoms with Crippen LogP contribution in [0.3, 0.4) is 0 Å². The number of nitrogens with one attached hydrogen (secondary N) is 1. The molecule has 138 valence electrons. The normalized spacial score (nSPS) is 15.6. The minimum atomic E-state index is -0.265. The van der Waals surface area contributed by atoms with Gasteiger partial charge in [0.05, 0.1) is 24.2 Å². The third-order valence-electron chi connectivity index (χ3n) is 4.55. The van der Waals surface area contributed by atoms with Crippen LogP contribution >= 0.6 is 0 Å². The molecule has 0 unspecified atom stereocenters. The molecule has 1 aromatic rings. The Morgan fingerprint density at radius 1 is 1.40 bits per heavy atom. The zero-order valence-corrected chi connectivity index (χ0v) is 15.4. The van der Waals surface area contributed by atoms with Gasteiger partial charge in [-0.15, -0.1) is 0 Å². The lowest BCUT2D eigenvalue weighted by atomic mass is 10.2. The Labute approximate surface area is 150 Å². The van der Waals surface area contributed by atoms with E-state index in [2.05, 4.69) is 33.6 Å². The largest absolute Gasteiger partial charge is 0.495 e. The number of carbonyl (C=O) groups is 1. The van der Waals surface area contributed by atoms with Crippen LogP contribution < -0.4 is 20.7 Å². The van der Waals surface area contributed by atoms with Crippen molar-refractivity contribution in [3.63, 3.8) is 0 Å². The highest BCUT2D eigenvalue weighted by Crippen LogP contribution is 2.35. The van der Waals surface area contributed by atoms with Gasteiger partial charge < -0.3 is 25.6 Å². The van der Waals surface area contributed by atoms with Crippen LogP contribution in [0.2, 0.25) is 0 Å². The zero-order valence-electron chi connectivity index (χ0n) is 15.4. The standard InChI is InChI=1S/C18H29N5O2/c1-5-18(24)20-15-12-14(19)17(25-4)13-16(15)22(3)8-11-23-9-6-21(2)7-10-23/h5,12-13H,1,6-11,19H2,2-4H3,(H,20,24). The van der Waals surface area contributed by atoms with E-state index in [1.54, 1.807) is 13.2 Å². The molecular formula is C18H29N5O2. The number of carbonyl (C=O) groups excluding carboxylic acids is 1. The molecule has 0 aliphatic carbocycles. The van der Waals surface area contributed by atoms with Gasteiger partial charge in [-0.05, 0) is 19.2 Å². The summed E-state index contributed by atoms with van der Waals surface area (Å²) in [7, 11) is 5.74. The van der Waals surface area contributed by atoms with Gasteiger partial charge in [-0.1, -0.05) is 6.58 Å². The van der Waals surface area contributed by atoms with E-state index in [4.69, 9.17) is 10.5 Å². The molecule has 1 aliphatic rings. The first-order chi connectivity index (χ1) is 11.9. The van der Waals surface area contributed by atoms with E-state index >= 15 is 0 Å². The number of nitrogen functional groups attached to an aromatic ring is 1. The maximum absolute atomic E-state index is 11.7. The van der Waals surface area contributed by atoms with Crippen molar-refractivity contribution in [2.75, 3.05) is 76.4 Å². The summed E-state index contributed by atoms with van der Waals surface area (Å²) in [5, 5.41) is 2.82. The van der Waals surface area contributed by atoms with Crippen LogP contribution in [-0.2, 0) is 4.79 Å². The number of anilines is 3. The summed E-state index contributed by atoms with van der Waals surface area (Å²) in [4.78, 5) is 18.6. The molecule has 0 spiro atoms. The second-order valence-corrected chi connectivity index (χ2v) is 6.37. The van der Waals surface area contributed by atoms with Gasteiger partial charge in [0, 0.05) is 52.4 Å². The number of rotatable bonds is 7. The molecule has 0 radical (unpaired) electrons. The van der Waals surface area contributed by atoms with Crippen LogP contribution in [0.5, 0.6) is 5.75 Å². The molecule has 0 bridgehead atoms. The van der Waals surface area contributed by atoms with Gasteiger partial charge in [-0.25, -0.2) is 0 Å². The van der Waals surface area contributed by atoms with Crippen molar-refractivity contribution < 1.29 is 9.53 Å². The Kier molecular flexibility index (Phi) is 6.66. The number of nitrogens with two attached hydrogens (primary N) is 1. The second-order valence-electron chi connectivity index (χ2n) is 6.37. The quantitative estimate of drug-likeness (QED) is 0.568. The maximum Gasteiger partial charge on any atom is 0.247 e. The van der Waals surface area contributed by atoms with Crippen LogP contribution in [0.4, 0.5) is 17.1 Å². The summed E-state index contributed by atoms with van der Waals surface area (Å²) >= 11 is 0. The van der Waals surface area contributed by atoms with E-state index in [0.717, 1.165) is 45.0 Å². The predicted molar refractivity (Wildman–Crippen MR) is 103 cm³/mol. The van der Waals surface area contributed by atoms with Gasteiger partial charge in [-0.3, -0.25) is 9.69 Å². The number of methoxy groups -OCH3 is 1.